The molecule has 0 fully saturated rings. The number of fused-ring (bicyclic) bond motifs is 1. The van der Waals surface area contributed by atoms with Crippen molar-refractivity contribution >= 4 is 10.9 Å². The fourth-order valence-electron chi connectivity index (χ4n) is 1.60. The lowest BCUT2D eigenvalue weighted by atomic mass is 10.1. The van der Waals surface area contributed by atoms with Crippen molar-refractivity contribution in [3.63, 3.8) is 0 Å². The minimum atomic E-state index is 0.647. The summed E-state index contributed by atoms with van der Waals surface area (Å²) in [5.74, 6) is 0. The lowest BCUT2D eigenvalue weighted by Gasteiger charge is -1.92. The van der Waals surface area contributed by atoms with Gasteiger partial charge in [0.25, 0.3) is 0 Å². The van der Waals surface area contributed by atoms with Crippen LogP contribution in [0.4, 0.5) is 0 Å². The highest BCUT2D eigenvalue weighted by molar-refractivity contribution is 5.83. The summed E-state index contributed by atoms with van der Waals surface area (Å²) in [7, 11) is 1.71. The van der Waals surface area contributed by atoms with Gasteiger partial charge in [-0.15, -0.1) is 0 Å². The molecule has 2 aromatic rings. The molecule has 0 aliphatic carbocycles. The van der Waals surface area contributed by atoms with Crippen LogP contribution >= 0.6 is 0 Å². The summed E-state index contributed by atoms with van der Waals surface area (Å²) in [5, 5.41) is 1.29. The molecule has 1 aromatic carbocycles. The van der Waals surface area contributed by atoms with E-state index in [0.717, 1.165) is 5.69 Å². The predicted octanol–water partition coefficient (Wildman–Crippen LogP) is 2.62. The molecule has 0 amide bonds. The molecule has 13 heavy (non-hydrogen) atoms. The zero-order valence-electron chi connectivity index (χ0n) is 7.92. The van der Waals surface area contributed by atoms with Crippen molar-refractivity contribution in [1.82, 2.24) is 4.98 Å². The Labute approximate surface area is 77.5 Å². The zero-order valence-corrected chi connectivity index (χ0v) is 7.92. The first-order chi connectivity index (χ1) is 6.31. The number of aromatic amines is 1. The Morgan fingerprint density at radius 3 is 2.92 bits per heavy atom. The van der Waals surface area contributed by atoms with Gasteiger partial charge in [0.2, 0.25) is 0 Å². The second kappa shape index (κ2) is 3.23. The van der Waals surface area contributed by atoms with Crippen LogP contribution in [0.15, 0.2) is 24.3 Å². The van der Waals surface area contributed by atoms with Gasteiger partial charge in [-0.05, 0) is 24.6 Å². The number of methoxy groups -OCH3 is 1. The number of H-pyrrole nitrogens is 1. The highest BCUT2D eigenvalue weighted by atomic mass is 16.5. The van der Waals surface area contributed by atoms with Crippen LogP contribution in [-0.2, 0) is 11.3 Å². The molecule has 1 heterocycles. The van der Waals surface area contributed by atoms with Crippen LogP contribution in [0.25, 0.3) is 10.9 Å². The number of aryl methyl sites for hydroxylation is 1. The first-order valence-electron chi connectivity index (χ1n) is 4.37. The van der Waals surface area contributed by atoms with Crippen LogP contribution in [0.1, 0.15) is 11.3 Å². The molecular weight excluding hydrogens is 162 g/mol. The molecule has 68 valence electrons. The Bertz CT molecular complexity index is 417. The summed E-state index contributed by atoms with van der Waals surface area (Å²) in [6.07, 6.45) is 0. The highest BCUT2D eigenvalue weighted by Crippen LogP contribution is 2.19. The zero-order chi connectivity index (χ0) is 9.26. The van der Waals surface area contributed by atoms with E-state index in [-0.39, 0.29) is 0 Å². The topological polar surface area (TPSA) is 25.0 Å². The van der Waals surface area contributed by atoms with E-state index in [9.17, 15) is 0 Å². The molecule has 0 aliphatic rings. The second-order valence-corrected chi connectivity index (χ2v) is 3.26. The first-order valence-corrected chi connectivity index (χ1v) is 4.37. The lowest BCUT2D eigenvalue weighted by molar-refractivity contribution is 0.182. The van der Waals surface area contributed by atoms with Crippen LogP contribution in [-0.4, -0.2) is 12.1 Å². The van der Waals surface area contributed by atoms with Crippen LogP contribution in [0.2, 0.25) is 0 Å². The first kappa shape index (κ1) is 8.32. The van der Waals surface area contributed by atoms with E-state index < -0.39 is 0 Å². The Hall–Kier alpha value is -1.28. The largest absolute Gasteiger partial charge is 0.378 e. The number of rotatable bonds is 2. The maximum Gasteiger partial charge on any atom is 0.0862 e. The minimum absolute atomic E-state index is 0.647. The standard InChI is InChI=1S/C11H13NO/c1-8-4-3-5-11-10(8)6-9(12-11)7-13-2/h3-6,12H,7H2,1-2H3. The number of hydrogen-bond acceptors (Lipinski definition) is 1. The molecule has 0 spiro atoms. The van der Waals surface area contributed by atoms with Crippen LogP contribution in [0, 0.1) is 6.92 Å². The van der Waals surface area contributed by atoms with E-state index in [1.807, 2.05) is 0 Å². The molecular formula is C11H13NO. The van der Waals surface area contributed by atoms with E-state index in [4.69, 9.17) is 4.74 Å². The summed E-state index contributed by atoms with van der Waals surface area (Å²) >= 11 is 0. The third-order valence-electron chi connectivity index (χ3n) is 2.24. The van der Waals surface area contributed by atoms with E-state index in [1.54, 1.807) is 7.11 Å². The van der Waals surface area contributed by atoms with Crippen molar-refractivity contribution in [1.29, 1.82) is 0 Å². The molecule has 0 atom stereocenters. The van der Waals surface area contributed by atoms with Gasteiger partial charge in [0.15, 0.2) is 0 Å². The van der Waals surface area contributed by atoms with E-state index in [2.05, 4.69) is 36.2 Å². The van der Waals surface area contributed by atoms with Crippen molar-refractivity contribution in [3.05, 3.63) is 35.5 Å². The lowest BCUT2D eigenvalue weighted by Crippen LogP contribution is -1.85. The monoisotopic (exact) mass is 175 g/mol. The van der Waals surface area contributed by atoms with Crippen LogP contribution in [0.3, 0.4) is 0 Å². The molecule has 0 bridgehead atoms. The van der Waals surface area contributed by atoms with Gasteiger partial charge < -0.3 is 9.72 Å². The number of nitrogens with one attached hydrogen (secondary N) is 1. The second-order valence-electron chi connectivity index (χ2n) is 3.26. The van der Waals surface area contributed by atoms with Crippen LogP contribution < -0.4 is 0 Å². The van der Waals surface area contributed by atoms with Gasteiger partial charge in [-0.3, -0.25) is 0 Å². The highest BCUT2D eigenvalue weighted by Gasteiger charge is 2.01. The van der Waals surface area contributed by atoms with Gasteiger partial charge >= 0.3 is 0 Å². The smallest absolute Gasteiger partial charge is 0.0862 e. The van der Waals surface area contributed by atoms with E-state index in [1.165, 1.54) is 16.5 Å². The number of hydrogen-bond donors (Lipinski definition) is 1. The van der Waals surface area contributed by atoms with Crippen LogP contribution in [0.5, 0.6) is 0 Å². The number of benzene rings is 1. The van der Waals surface area contributed by atoms with Gasteiger partial charge in [0.05, 0.1) is 6.61 Å². The van der Waals surface area contributed by atoms with E-state index >= 15 is 0 Å². The van der Waals surface area contributed by atoms with Gasteiger partial charge in [0, 0.05) is 23.7 Å². The summed E-state index contributed by atoms with van der Waals surface area (Å²) in [4.78, 5) is 3.31. The maximum atomic E-state index is 5.07. The van der Waals surface area contributed by atoms with Crippen molar-refractivity contribution < 1.29 is 4.74 Å². The summed E-state index contributed by atoms with van der Waals surface area (Å²) in [6.45, 7) is 2.76. The van der Waals surface area contributed by atoms with Gasteiger partial charge in [-0.25, -0.2) is 0 Å². The van der Waals surface area contributed by atoms with Crippen molar-refractivity contribution in [2.45, 2.75) is 13.5 Å². The Balaban J connectivity index is 2.55. The molecule has 0 unspecified atom stereocenters. The third kappa shape index (κ3) is 1.45. The number of ether oxygens (including phenoxy) is 1. The molecule has 1 N–H and O–H groups in total. The Kier molecular flexibility index (Phi) is 2.07. The quantitative estimate of drug-likeness (QED) is 0.745. The molecule has 2 rings (SSSR count). The fourth-order valence-corrected chi connectivity index (χ4v) is 1.60. The molecule has 1 aromatic heterocycles. The SMILES string of the molecule is COCc1cc2c(C)cccc2[nH]1. The Morgan fingerprint density at radius 2 is 2.23 bits per heavy atom. The molecule has 2 heteroatoms. The predicted molar refractivity (Wildman–Crippen MR) is 53.7 cm³/mol. The van der Waals surface area contributed by atoms with Gasteiger partial charge in [0.1, 0.15) is 0 Å². The molecule has 2 nitrogen and oxygen atoms in total. The Morgan fingerprint density at radius 1 is 1.38 bits per heavy atom. The normalized spacial score (nSPS) is 10.9. The molecule has 0 aliphatic heterocycles. The van der Waals surface area contributed by atoms with Gasteiger partial charge in [-0.1, -0.05) is 12.1 Å². The van der Waals surface area contributed by atoms with Crippen molar-refractivity contribution in [2.75, 3.05) is 7.11 Å². The third-order valence-corrected chi connectivity index (χ3v) is 2.24. The average Bonchev–Trinajstić information content (AvgIpc) is 2.49. The molecule has 0 saturated heterocycles. The molecule has 0 radical (unpaired) electrons. The average molecular weight is 175 g/mol. The minimum Gasteiger partial charge on any atom is -0.378 e. The number of aromatic nitrogens is 1. The van der Waals surface area contributed by atoms with Crippen molar-refractivity contribution in [3.8, 4) is 0 Å². The van der Waals surface area contributed by atoms with Crippen molar-refractivity contribution in [2.24, 2.45) is 0 Å². The summed E-state index contributed by atoms with van der Waals surface area (Å²) in [6, 6.07) is 8.41. The summed E-state index contributed by atoms with van der Waals surface area (Å²) in [5.41, 5.74) is 3.62. The molecule has 0 saturated carbocycles. The maximum absolute atomic E-state index is 5.07. The summed E-state index contributed by atoms with van der Waals surface area (Å²) < 4.78 is 5.07. The fraction of sp³-hybridized carbons (Fsp3) is 0.273. The van der Waals surface area contributed by atoms with Gasteiger partial charge in [-0.2, -0.15) is 0 Å². The van der Waals surface area contributed by atoms with E-state index in [0.29, 0.717) is 6.61 Å².